The first kappa shape index (κ1) is 19.8. The van der Waals surface area contributed by atoms with Crippen LogP contribution in [0.5, 0.6) is 0 Å². The first-order valence-electron chi connectivity index (χ1n) is 8.97. The number of pyridine rings is 1. The number of aryl methyl sites for hydroxylation is 1. The Hall–Kier alpha value is -1.96. The molecule has 1 fully saturated rings. The molecule has 1 aliphatic rings. The number of rotatable bonds is 6. The molecule has 0 bridgehead atoms. The summed E-state index contributed by atoms with van der Waals surface area (Å²) in [5.41, 5.74) is 1.49. The van der Waals surface area contributed by atoms with Gasteiger partial charge < -0.3 is 5.32 Å². The highest BCUT2D eigenvalue weighted by Crippen LogP contribution is 2.28. The standard InChI is InChI=1S/C19H22ClN3O3S/c1-2-15-7-11-22(12-8-15)14-19(24)21-18-13-16(5-6-17(18)20)27(25,26)23-9-3-4-10-23/h5-8,11-13H,2-4,9-10,14H2,1H3/p+1. The van der Waals surface area contributed by atoms with Crippen molar-refractivity contribution in [2.45, 2.75) is 37.6 Å². The van der Waals surface area contributed by atoms with Gasteiger partial charge in [0.1, 0.15) is 0 Å². The smallest absolute Gasteiger partial charge is 0.290 e. The minimum Gasteiger partial charge on any atom is -0.319 e. The van der Waals surface area contributed by atoms with Gasteiger partial charge >= 0.3 is 0 Å². The summed E-state index contributed by atoms with van der Waals surface area (Å²) in [6.45, 7) is 3.23. The number of carbonyl (C=O) groups is 1. The van der Waals surface area contributed by atoms with Gasteiger partial charge in [-0.2, -0.15) is 8.87 Å². The molecule has 0 radical (unpaired) electrons. The summed E-state index contributed by atoms with van der Waals surface area (Å²) < 4.78 is 28.6. The molecule has 1 aromatic carbocycles. The van der Waals surface area contributed by atoms with E-state index in [0.717, 1.165) is 19.3 Å². The molecule has 1 N–H and O–H groups in total. The first-order chi connectivity index (χ1) is 12.9. The van der Waals surface area contributed by atoms with E-state index in [2.05, 4.69) is 12.2 Å². The Labute approximate surface area is 164 Å². The second kappa shape index (κ2) is 8.37. The third-order valence-corrected chi connectivity index (χ3v) is 6.83. The van der Waals surface area contributed by atoms with Gasteiger partial charge in [-0.1, -0.05) is 18.5 Å². The maximum absolute atomic E-state index is 12.7. The largest absolute Gasteiger partial charge is 0.319 e. The number of anilines is 1. The van der Waals surface area contributed by atoms with Crippen LogP contribution in [-0.2, 0) is 27.8 Å². The number of hydrogen-bond acceptors (Lipinski definition) is 3. The second-order valence-corrected chi connectivity index (χ2v) is 8.88. The van der Waals surface area contributed by atoms with Crippen LogP contribution in [-0.4, -0.2) is 31.7 Å². The fraction of sp³-hybridized carbons (Fsp3) is 0.368. The fourth-order valence-corrected chi connectivity index (χ4v) is 4.73. The molecule has 1 amide bonds. The van der Waals surface area contributed by atoms with E-state index < -0.39 is 10.0 Å². The van der Waals surface area contributed by atoms with E-state index >= 15 is 0 Å². The molecule has 0 atom stereocenters. The van der Waals surface area contributed by atoms with Gasteiger partial charge in [-0.05, 0) is 43.0 Å². The molecule has 0 aliphatic carbocycles. The van der Waals surface area contributed by atoms with Crippen molar-refractivity contribution in [2.75, 3.05) is 18.4 Å². The number of amides is 1. The van der Waals surface area contributed by atoms with Crippen molar-refractivity contribution in [2.24, 2.45) is 0 Å². The third-order valence-electron chi connectivity index (χ3n) is 4.61. The summed E-state index contributed by atoms with van der Waals surface area (Å²) in [6, 6.07) is 8.33. The predicted octanol–water partition coefficient (Wildman–Crippen LogP) is 2.61. The lowest BCUT2D eigenvalue weighted by Gasteiger charge is -2.16. The van der Waals surface area contributed by atoms with Gasteiger partial charge in [-0.3, -0.25) is 4.79 Å². The third kappa shape index (κ3) is 4.66. The van der Waals surface area contributed by atoms with Crippen LogP contribution in [0.1, 0.15) is 25.3 Å². The van der Waals surface area contributed by atoms with Crippen molar-refractivity contribution in [1.82, 2.24) is 4.31 Å². The molecule has 1 aliphatic heterocycles. The van der Waals surface area contributed by atoms with Crippen LogP contribution in [0, 0.1) is 0 Å². The van der Waals surface area contributed by atoms with E-state index in [1.807, 2.05) is 24.5 Å². The molecule has 2 aromatic rings. The Morgan fingerprint density at radius 3 is 2.48 bits per heavy atom. The lowest BCUT2D eigenvalue weighted by Crippen LogP contribution is -2.39. The molecule has 8 heteroatoms. The summed E-state index contributed by atoms with van der Waals surface area (Å²) in [4.78, 5) is 12.5. The molecule has 27 heavy (non-hydrogen) atoms. The Morgan fingerprint density at radius 2 is 1.85 bits per heavy atom. The number of nitrogens with one attached hydrogen (secondary N) is 1. The van der Waals surface area contributed by atoms with Crippen LogP contribution in [0.25, 0.3) is 0 Å². The van der Waals surface area contributed by atoms with Gasteiger partial charge in [0.05, 0.1) is 15.6 Å². The fourth-order valence-electron chi connectivity index (χ4n) is 3.02. The number of halogens is 1. The average Bonchev–Trinajstić information content (AvgIpc) is 3.19. The topological polar surface area (TPSA) is 70.4 Å². The Bertz CT molecular complexity index is 924. The molecule has 1 saturated heterocycles. The van der Waals surface area contributed by atoms with Gasteiger partial charge in [-0.25, -0.2) is 8.42 Å². The SMILES string of the molecule is CCc1cc[n+](CC(=O)Nc2cc(S(=O)(=O)N3CCCC3)ccc2Cl)cc1. The normalized spacial score (nSPS) is 15.0. The summed E-state index contributed by atoms with van der Waals surface area (Å²) in [6.07, 6.45) is 6.35. The van der Waals surface area contributed by atoms with Crippen molar-refractivity contribution >= 4 is 33.2 Å². The highest BCUT2D eigenvalue weighted by Gasteiger charge is 2.27. The molecule has 144 valence electrons. The lowest BCUT2D eigenvalue weighted by molar-refractivity contribution is -0.684. The van der Waals surface area contributed by atoms with Gasteiger partial charge in [0.2, 0.25) is 16.6 Å². The van der Waals surface area contributed by atoms with Crippen LogP contribution in [0.2, 0.25) is 5.02 Å². The number of sulfonamides is 1. The van der Waals surface area contributed by atoms with Crippen LogP contribution >= 0.6 is 11.6 Å². The predicted molar refractivity (Wildman–Crippen MR) is 104 cm³/mol. The molecule has 2 heterocycles. The zero-order valence-electron chi connectivity index (χ0n) is 15.2. The van der Waals surface area contributed by atoms with Crippen molar-refractivity contribution < 1.29 is 17.8 Å². The van der Waals surface area contributed by atoms with Crippen molar-refractivity contribution in [3.63, 3.8) is 0 Å². The molecule has 3 rings (SSSR count). The molecule has 1 aromatic heterocycles. The van der Waals surface area contributed by atoms with E-state index in [0.29, 0.717) is 23.8 Å². The van der Waals surface area contributed by atoms with Crippen LogP contribution < -0.4 is 9.88 Å². The second-order valence-electron chi connectivity index (χ2n) is 6.53. The van der Waals surface area contributed by atoms with Crippen molar-refractivity contribution in [3.8, 4) is 0 Å². The number of hydrogen-bond donors (Lipinski definition) is 1. The van der Waals surface area contributed by atoms with E-state index in [1.54, 1.807) is 4.57 Å². The van der Waals surface area contributed by atoms with Gasteiger partial charge in [0.25, 0.3) is 5.91 Å². The minimum atomic E-state index is -3.56. The van der Waals surface area contributed by atoms with Crippen LogP contribution in [0.4, 0.5) is 5.69 Å². The molecular formula is C19H23ClN3O3S+. The summed E-state index contributed by atoms with van der Waals surface area (Å²) in [5, 5.41) is 3.02. The molecule has 0 unspecified atom stereocenters. The highest BCUT2D eigenvalue weighted by atomic mass is 35.5. The van der Waals surface area contributed by atoms with Gasteiger partial charge in [0, 0.05) is 25.2 Å². The van der Waals surface area contributed by atoms with E-state index in [4.69, 9.17) is 11.6 Å². The average molecular weight is 409 g/mol. The summed E-state index contributed by atoms with van der Waals surface area (Å²) >= 11 is 6.16. The van der Waals surface area contributed by atoms with Crippen LogP contribution in [0.15, 0.2) is 47.6 Å². The molecule has 6 nitrogen and oxygen atoms in total. The Balaban J connectivity index is 1.74. The summed E-state index contributed by atoms with van der Waals surface area (Å²) in [5.74, 6) is -0.276. The zero-order valence-corrected chi connectivity index (χ0v) is 16.8. The maximum Gasteiger partial charge on any atom is 0.290 e. The highest BCUT2D eigenvalue weighted by molar-refractivity contribution is 7.89. The quantitative estimate of drug-likeness (QED) is 0.747. The van der Waals surface area contributed by atoms with E-state index in [-0.39, 0.29) is 17.3 Å². The number of aromatic nitrogens is 1. The Kier molecular flexibility index (Phi) is 6.14. The zero-order chi connectivity index (χ0) is 19.4. The van der Waals surface area contributed by atoms with Gasteiger partial charge in [0.15, 0.2) is 12.4 Å². The van der Waals surface area contributed by atoms with E-state index in [9.17, 15) is 13.2 Å². The van der Waals surface area contributed by atoms with Crippen LogP contribution in [0.3, 0.4) is 0 Å². The Morgan fingerprint density at radius 1 is 1.19 bits per heavy atom. The number of benzene rings is 1. The molecule has 0 spiro atoms. The monoisotopic (exact) mass is 408 g/mol. The molecule has 0 saturated carbocycles. The number of nitrogens with zero attached hydrogens (tertiary/aromatic N) is 2. The van der Waals surface area contributed by atoms with Crippen molar-refractivity contribution in [1.29, 1.82) is 0 Å². The lowest BCUT2D eigenvalue weighted by atomic mass is 10.2. The van der Waals surface area contributed by atoms with Crippen molar-refractivity contribution in [3.05, 3.63) is 53.3 Å². The maximum atomic E-state index is 12.7. The minimum absolute atomic E-state index is 0.115. The van der Waals surface area contributed by atoms with Gasteiger partial charge in [-0.15, -0.1) is 0 Å². The molecular weight excluding hydrogens is 386 g/mol. The first-order valence-corrected chi connectivity index (χ1v) is 10.8. The number of carbonyl (C=O) groups excluding carboxylic acids is 1. The summed E-state index contributed by atoms with van der Waals surface area (Å²) in [7, 11) is -3.56. The van der Waals surface area contributed by atoms with E-state index in [1.165, 1.54) is 28.1 Å².